The molecule has 0 aliphatic carbocycles. The lowest BCUT2D eigenvalue weighted by atomic mass is 10.1. The fraction of sp³-hybridized carbons (Fsp3) is 0.474. The maximum absolute atomic E-state index is 10.7. The first-order valence-corrected chi connectivity index (χ1v) is 9.60. The number of nitrogens with zero attached hydrogens (tertiary/aromatic N) is 1. The summed E-state index contributed by atoms with van der Waals surface area (Å²) in [6.45, 7) is 3.34. The Morgan fingerprint density at radius 3 is 2.96 bits per heavy atom. The molecule has 1 saturated heterocycles. The van der Waals surface area contributed by atoms with Crippen LogP contribution in [0.25, 0.3) is 0 Å². The number of aliphatic hydroxyl groups is 1. The Labute approximate surface area is 151 Å². The van der Waals surface area contributed by atoms with Crippen LogP contribution in [0.1, 0.15) is 29.4 Å². The molecule has 134 valence electrons. The van der Waals surface area contributed by atoms with Gasteiger partial charge >= 0.3 is 0 Å². The molecule has 3 heterocycles. The molecule has 2 aromatic rings. The summed E-state index contributed by atoms with van der Waals surface area (Å²) in [7, 11) is 0. The minimum atomic E-state index is -0.573. The van der Waals surface area contributed by atoms with Gasteiger partial charge in [-0.3, -0.25) is 4.90 Å². The summed E-state index contributed by atoms with van der Waals surface area (Å²) in [5.41, 5.74) is 0.854. The Kier molecular flexibility index (Phi) is 5.22. The summed E-state index contributed by atoms with van der Waals surface area (Å²) in [4.78, 5) is 3.59. The van der Waals surface area contributed by atoms with Crippen LogP contribution in [-0.2, 0) is 11.3 Å². The standard InChI is InChI=1S/C19H23NO4S/c21-17(14-5-6-18-19(9-14)24-13-23-18)12-20(10-15-3-1-7-22-15)11-16-4-2-8-25-16/h2,4-6,8-9,15,17,21H,1,3,7,10-13H2/t15-,17+/m0/s1. The number of ether oxygens (including phenoxy) is 3. The summed E-state index contributed by atoms with van der Waals surface area (Å²) in [5.74, 6) is 1.45. The molecule has 0 spiro atoms. The van der Waals surface area contributed by atoms with Crippen LogP contribution >= 0.6 is 11.3 Å². The molecule has 5 nitrogen and oxygen atoms in total. The molecular formula is C19H23NO4S. The van der Waals surface area contributed by atoms with E-state index in [2.05, 4.69) is 22.4 Å². The van der Waals surface area contributed by atoms with Crippen molar-refractivity contribution >= 4 is 11.3 Å². The van der Waals surface area contributed by atoms with Gasteiger partial charge in [-0.1, -0.05) is 12.1 Å². The largest absolute Gasteiger partial charge is 0.454 e. The molecule has 4 rings (SSSR count). The van der Waals surface area contributed by atoms with E-state index in [4.69, 9.17) is 14.2 Å². The average molecular weight is 361 g/mol. The van der Waals surface area contributed by atoms with Crippen molar-refractivity contribution in [2.24, 2.45) is 0 Å². The first-order chi connectivity index (χ1) is 12.3. The van der Waals surface area contributed by atoms with Crippen molar-refractivity contribution in [2.45, 2.75) is 31.6 Å². The number of hydrogen-bond donors (Lipinski definition) is 1. The van der Waals surface area contributed by atoms with Crippen molar-refractivity contribution < 1.29 is 19.3 Å². The molecule has 0 radical (unpaired) electrons. The second-order valence-electron chi connectivity index (χ2n) is 6.54. The molecule has 2 aliphatic heterocycles. The Morgan fingerprint density at radius 1 is 1.24 bits per heavy atom. The van der Waals surface area contributed by atoms with Crippen LogP contribution in [0.5, 0.6) is 11.5 Å². The SMILES string of the molecule is O[C@H](CN(Cc1cccs1)C[C@@H]1CCCO1)c1ccc2c(c1)OCO2. The van der Waals surface area contributed by atoms with Gasteiger partial charge < -0.3 is 19.3 Å². The summed E-state index contributed by atoms with van der Waals surface area (Å²) >= 11 is 1.75. The molecule has 2 atom stereocenters. The molecular weight excluding hydrogens is 338 g/mol. The van der Waals surface area contributed by atoms with Gasteiger partial charge in [-0.25, -0.2) is 0 Å². The van der Waals surface area contributed by atoms with E-state index in [1.807, 2.05) is 18.2 Å². The zero-order valence-corrected chi connectivity index (χ0v) is 14.9. The van der Waals surface area contributed by atoms with E-state index >= 15 is 0 Å². The summed E-state index contributed by atoms with van der Waals surface area (Å²) in [5, 5.41) is 12.8. The molecule has 6 heteroatoms. The van der Waals surface area contributed by atoms with Crippen LogP contribution in [0.3, 0.4) is 0 Å². The topological polar surface area (TPSA) is 51.2 Å². The van der Waals surface area contributed by atoms with Gasteiger partial charge in [0.2, 0.25) is 6.79 Å². The Bertz CT molecular complexity index is 685. The van der Waals surface area contributed by atoms with Crippen LogP contribution in [0, 0.1) is 0 Å². The lowest BCUT2D eigenvalue weighted by Gasteiger charge is -2.27. The van der Waals surface area contributed by atoms with E-state index in [1.54, 1.807) is 11.3 Å². The van der Waals surface area contributed by atoms with E-state index in [1.165, 1.54) is 4.88 Å². The van der Waals surface area contributed by atoms with Crippen molar-refractivity contribution in [2.75, 3.05) is 26.5 Å². The van der Waals surface area contributed by atoms with Crippen molar-refractivity contribution in [1.82, 2.24) is 4.90 Å². The first-order valence-electron chi connectivity index (χ1n) is 8.72. The van der Waals surface area contributed by atoms with Gasteiger partial charge in [-0.15, -0.1) is 11.3 Å². The van der Waals surface area contributed by atoms with E-state index in [0.29, 0.717) is 12.3 Å². The third kappa shape index (κ3) is 4.15. The van der Waals surface area contributed by atoms with Crippen molar-refractivity contribution in [1.29, 1.82) is 0 Å². The normalized spacial score (nSPS) is 20.3. The quantitative estimate of drug-likeness (QED) is 0.821. The molecule has 25 heavy (non-hydrogen) atoms. The molecule has 0 unspecified atom stereocenters. The fourth-order valence-electron chi connectivity index (χ4n) is 3.37. The Hall–Kier alpha value is -1.60. The number of benzene rings is 1. The van der Waals surface area contributed by atoms with Crippen molar-refractivity contribution in [3.8, 4) is 11.5 Å². The van der Waals surface area contributed by atoms with Gasteiger partial charge in [0, 0.05) is 31.1 Å². The van der Waals surface area contributed by atoms with Gasteiger partial charge in [0.05, 0.1) is 12.2 Å². The third-order valence-electron chi connectivity index (χ3n) is 4.66. The zero-order chi connectivity index (χ0) is 17.1. The summed E-state index contributed by atoms with van der Waals surface area (Å²) < 4.78 is 16.6. The smallest absolute Gasteiger partial charge is 0.231 e. The number of rotatable bonds is 7. The number of fused-ring (bicyclic) bond motifs is 1. The highest BCUT2D eigenvalue weighted by atomic mass is 32.1. The van der Waals surface area contributed by atoms with E-state index in [9.17, 15) is 5.11 Å². The van der Waals surface area contributed by atoms with Gasteiger partial charge in [-0.2, -0.15) is 0 Å². The highest BCUT2D eigenvalue weighted by Gasteiger charge is 2.23. The van der Waals surface area contributed by atoms with Gasteiger partial charge in [0.15, 0.2) is 11.5 Å². The third-order valence-corrected chi connectivity index (χ3v) is 5.52. The minimum Gasteiger partial charge on any atom is -0.454 e. The van der Waals surface area contributed by atoms with Crippen LogP contribution < -0.4 is 9.47 Å². The van der Waals surface area contributed by atoms with E-state index < -0.39 is 6.10 Å². The Balaban J connectivity index is 1.44. The summed E-state index contributed by atoms with van der Waals surface area (Å²) in [6, 6.07) is 9.86. The predicted octanol–water partition coefficient (Wildman–Crippen LogP) is 3.19. The van der Waals surface area contributed by atoms with Crippen LogP contribution in [0.2, 0.25) is 0 Å². The summed E-state index contributed by atoms with van der Waals surface area (Å²) in [6.07, 6.45) is 1.92. The number of aliphatic hydroxyl groups excluding tert-OH is 1. The highest BCUT2D eigenvalue weighted by molar-refractivity contribution is 7.09. The first kappa shape index (κ1) is 16.8. The van der Waals surface area contributed by atoms with Gasteiger partial charge in [0.1, 0.15) is 0 Å². The fourth-order valence-corrected chi connectivity index (χ4v) is 4.12. The second-order valence-corrected chi connectivity index (χ2v) is 7.57. The predicted molar refractivity (Wildman–Crippen MR) is 96.1 cm³/mol. The van der Waals surface area contributed by atoms with Crippen LogP contribution in [0.15, 0.2) is 35.7 Å². The molecule has 1 aromatic carbocycles. The maximum Gasteiger partial charge on any atom is 0.231 e. The highest BCUT2D eigenvalue weighted by Crippen LogP contribution is 2.34. The monoisotopic (exact) mass is 361 g/mol. The zero-order valence-electron chi connectivity index (χ0n) is 14.1. The van der Waals surface area contributed by atoms with E-state index in [0.717, 1.165) is 43.9 Å². The molecule has 1 fully saturated rings. The maximum atomic E-state index is 10.7. The molecule has 1 N–H and O–H groups in total. The van der Waals surface area contributed by atoms with Gasteiger partial charge in [-0.05, 0) is 42.0 Å². The minimum absolute atomic E-state index is 0.248. The number of thiophene rings is 1. The molecule has 1 aromatic heterocycles. The lowest BCUT2D eigenvalue weighted by molar-refractivity contribution is 0.0464. The number of hydrogen-bond acceptors (Lipinski definition) is 6. The van der Waals surface area contributed by atoms with Gasteiger partial charge in [0.25, 0.3) is 0 Å². The average Bonchev–Trinajstić information content (AvgIpc) is 3.36. The lowest BCUT2D eigenvalue weighted by Crippen LogP contribution is -2.34. The van der Waals surface area contributed by atoms with Crippen molar-refractivity contribution in [3.05, 3.63) is 46.2 Å². The molecule has 0 amide bonds. The van der Waals surface area contributed by atoms with E-state index in [-0.39, 0.29) is 12.9 Å². The molecule has 0 bridgehead atoms. The Morgan fingerprint density at radius 2 is 2.16 bits per heavy atom. The van der Waals surface area contributed by atoms with Crippen LogP contribution in [0.4, 0.5) is 0 Å². The molecule has 2 aliphatic rings. The van der Waals surface area contributed by atoms with Crippen LogP contribution in [-0.4, -0.2) is 42.6 Å². The second kappa shape index (κ2) is 7.74. The van der Waals surface area contributed by atoms with Crippen molar-refractivity contribution in [3.63, 3.8) is 0 Å². The molecule has 0 saturated carbocycles.